The van der Waals surface area contributed by atoms with Crippen molar-refractivity contribution in [3.05, 3.63) is 28.8 Å². The van der Waals surface area contributed by atoms with Gasteiger partial charge >= 0.3 is 0 Å². The largest absolute Gasteiger partial charge is 0.334 e. The minimum absolute atomic E-state index is 0.491. The van der Waals surface area contributed by atoms with Gasteiger partial charge in [-0.15, -0.1) is 0 Å². The number of anilines is 1. The fourth-order valence-corrected chi connectivity index (χ4v) is 4.37. The first-order chi connectivity index (χ1) is 9.19. The molecule has 2 aliphatic rings. The first-order valence-corrected chi connectivity index (χ1v) is 8.24. The summed E-state index contributed by atoms with van der Waals surface area (Å²) >= 11 is 8.09. The molecule has 0 unspecified atom stereocenters. The summed E-state index contributed by atoms with van der Waals surface area (Å²) in [4.78, 5) is 4.75. The van der Waals surface area contributed by atoms with Crippen LogP contribution >= 0.6 is 23.4 Å². The van der Waals surface area contributed by atoms with Crippen molar-refractivity contribution in [1.29, 1.82) is 0 Å². The van der Waals surface area contributed by atoms with Crippen molar-refractivity contribution < 1.29 is 0 Å². The van der Waals surface area contributed by atoms with Crippen LogP contribution in [0.15, 0.2) is 23.2 Å². The smallest absolute Gasteiger partial charge is 0.161 e. The zero-order chi connectivity index (χ0) is 13.3. The highest BCUT2D eigenvalue weighted by molar-refractivity contribution is 8.14. The number of para-hydroxylation sites is 1. The second-order valence-electron chi connectivity index (χ2n) is 5.67. The average Bonchev–Trinajstić information content (AvgIpc) is 2.85. The SMILES string of the molecule is Cc1cccc(Cl)c1NC1=NCC2(CCCC2)CS1. The molecule has 1 aromatic rings. The van der Waals surface area contributed by atoms with Crippen LogP contribution in [0.25, 0.3) is 0 Å². The molecular weight excluding hydrogens is 276 g/mol. The highest BCUT2D eigenvalue weighted by Gasteiger charge is 2.36. The zero-order valence-corrected chi connectivity index (χ0v) is 12.8. The summed E-state index contributed by atoms with van der Waals surface area (Å²) < 4.78 is 0. The molecule has 1 fully saturated rings. The number of halogens is 1. The number of thioether (sulfide) groups is 1. The van der Waals surface area contributed by atoms with E-state index in [0.717, 1.165) is 28.0 Å². The van der Waals surface area contributed by atoms with Crippen molar-refractivity contribution in [1.82, 2.24) is 0 Å². The number of aliphatic imine (C=N–C) groups is 1. The number of aryl methyl sites for hydroxylation is 1. The van der Waals surface area contributed by atoms with Gasteiger partial charge in [0.15, 0.2) is 5.17 Å². The van der Waals surface area contributed by atoms with Crippen molar-refractivity contribution in [3.63, 3.8) is 0 Å². The molecule has 1 spiro atoms. The summed E-state index contributed by atoms with van der Waals surface area (Å²) in [6.07, 6.45) is 5.45. The lowest BCUT2D eigenvalue weighted by Crippen LogP contribution is -2.30. The second-order valence-corrected chi connectivity index (χ2v) is 7.05. The molecule has 0 saturated heterocycles. The molecule has 0 aromatic heterocycles. The van der Waals surface area contributed by atoms with Gasteiger partial charge in [-0.25, -0.2) is 0 Å². The lowest BCUT2D eigenvalue weighted by Gasteiger charge is -2.31. The third-order valence-electron chi connectivity index (χ3n) is 4.19. The Morgan fingerprint density at radius 3 is 2.74 bits per heavy atom. The van der Waals surface area contributed by atoms with E-state index in [1.54, 1.807) is 0 Å². The summed E-state index contributed by atoms with van der Waals surface area (Å²) in [5.41, 5.74) is 2.65. The number of rotatable bonds is 1. The standard InChI is InChI=1S/C15H19ClN2S/c1-11-5-4-6-12(16)13(11)18-14-17-9-15(10-19-14)7-2-3-8-15/h4-6H,2-3,7-10H2,1H3,(H,17,18). The van der Waals surface area contributed by atoms with E-state index < -0.39 is 0 Å². The van der Waals surface area contributed by atoms with E-state index in [1.807, 2.05) is 23.9 Å². The fourth-order valence-electron chi connectivity index (χ4n) is 2.95. The average molecular weight is 295 g/mol. The summed E-state index contributed by atoms with van der Waals surface area (Å²) in [6.45, 7) is 3.05. The minimum atomic E-state index is 0.491. The van der Waals surface area contributed by atoms with Crippen LogP contribution in [0.3, 0.4) is 0 Å². The van der Waals surface area contributed by atoms with Crippen molar-refractivity contribution in [2.45, 2.75) is 32.6 Å². The molecule has 0 radical (unpaired) electrons. The van der Waals surface area contributed by atoms with Gasteiger partial charge in [-0.3, -0.25) is 4.99 Å². The van der Waals surface area contributed by atoms with Crippen molar-refractivity contribution in [2.24, 2.45) is 10.4 Å². The molecule has 2 nitrogen and oxygen atoms in total. The van der Waals surface area contributed by atoms with Crippen LogP contribution in [0.4, 0.5) is 5.69 Å². The predicted octanol–water partition coefficient (Wildman–Crippen LogP) is 4.72. The van der Waals surface area contributed by atoms with Crippen molar-refractivity contribution in [3.8, 4) is 0 Å². The summed E-state index contributed by atoms with van der Waals surface area (Å²) in [5.74, 6) is 1.20. The van der Waals surface area contributed by atoms with Crippen LogP contribution in [-0.2, 0) is 0 Å². The summed E-state index contributed by atoms with van der Waals surface area (Å²) in [7, 11) is 0. The highest BCUT2D eigenvalue weighted by atomic mass is 35.5. The van der Waals surface area contributed by atoms with Gasteiger partial charge in [0.1, 0.15) is 0 Å². The number of nitrogens with zero attached hydrogens (tertiary/aromatic N) is 1. The minimum Gasteiger partial charge on any atom is -0.334 e. The van der Waals surface area contributed by atoms with Crippen LogP contribution in [-0.4, -0.2) is 17.5 Å². The molecule has 0 atom stereocenters. The fraction of sp³-hybridized carbons (Fsp3) is 0.533. The van der Waals surface area contributed by atoms with Crippen LogP contribution < -0.4 is 5.32 Å². The Morgan fingerprint density at radius 2 is 2.11 bits per heavy atom. The highest BCUT2D eigenvalue weighted by Crippen LogP contribution is 2.43. The topological polar surface area (TPSA) is 24.4 Å². The number of benzene rings is 1. The van der Waals surface area contributed by atoms with Crippen LogP contribution in [0.1, 0.15) is 31.2 Å². The Kier molecular flexibility index (Phi) is 3.77. The first kappa shape index (κ1) is 13.3. The Morgan fingerprint density at radius 1 is 1.32 bits per heavy atom. The van der Waals surface area contributed by atoms with Gasteiger partial charge in [-0.1, -0.05) is 48.3 Å². The van der Waals surface area contributed by atoms with Gasteiger partial charge in [0, 0.05) is 12.3 Å². The maximum atomic E-state index is 6.24. The first-order valence-electron chi connectivity index (χ1n) is 6.88. The Labute approximate surface area is 124 Å². The van der Waals surface area contributed by atoms with E-state index in [9.17, 15) is 0 Å². The molecule has 3 rings (SSSR count). The number of hydrogen-bond donors (Lipinski definition) is 1. The van der Waals surface area contributed by atoms with Gasteiger partial charge in [0.2, 0.25) is 0 Å². The molecule has 1 aromatic carbocycles. The molecule has 0 bridgehead atoms. The third-order valence-corrected chi connectivity index (χ3v) is 5.77. The molecule has 0 amide bonds. The van der Waals surface area contributed by atoms with Gasteiger partial charge in [-0.05, 0) is 36.8 Å². The number of nitrogens with one attached hydrogen (secondary N) is 1. The number of amidine groups is 1. The van der Waals surface area contributed by atoms with Crippen LogP contribution in [0.5, 0.6) is 0 Å². The Bertz CT molecular complexity index is 487. The van der Waals surface area contributed by atoms with Gasteiger partial charge in [0.05, 0.1) is 10.7 Å². The van der Waals surface area contributed by atoms with Crippen molar-refractivity contribution >= 4 is 34.2 Å². The van der Waals surface area contributed by atoms with E-state index in [2.05, 4.69) is 18.3 Å². The van der Waals surface area contributed by atoms with Crippen LogP contribution in [0, 0.1) is 12.3 Å². The lowest BCUT2D eigenvalue weighted by molar-refractivity contribution is 0.359. The van der Waals surface area contributed by atoms with E-state index in [-0.39, 0.29) is 0 Å². The predicted molar refractivity (Wildman–Crippen MR) is 85.5 cm³/mol. The van der Waals surface area contributed by atoms with E-state index in [4.69, 9.17) is 16.6 Å². The molecular formula is C15H19ClN2S. The summed E-state index contributed by atoms with van der Waals surface area (Å²) in [6, 6.07) is 5.97. The Hall–Kier alpha value is -0.670. The molecule has 1 heterocycles. The molecule has 1 aliphatic heterocycles. The molecule has 102 valence electrons. The quantitative estimate of drug-likeness (QED) is 0.810. The maximum Gasteiger partial charge on any atom is 0.161 e. The maximum absolute atomic E-state index is 6.24. The molecule has 1 aliphatic carbocycles. The van der Waals surface area contributed by atoms with E-state index >= 15 is 0 Å². The van der Waals surface area contributed by atoms with Gasteiger partial charge < -0.3 is 5.32 Å². The second kappa shape index (κ2) is 5.37. The molecule has 4 heteroatoms. The molecule has 19 heavy (non-hydrogen) atoms. The van der Waals surface area contributed by atoms with E-state index in [1.165, 1.54) is 31.4 Å². The zero-order valence-electron chi connectivity index (χ0n) is 11.2. The Balaban J connectivity index is 1.73. The monoisotopic (exact) mass is 294 g/mol. The van der Waals surface area contributed by atoms with Gasteiger partial charge in [0.25, 0.3) is 0 Å². The van der Waals surface area contributed by atoms with E-state index in [0.29, 0.717) is 5.41 Å². The van der Waals surface area contributed by atoms with Gasteiger partial charge in [-0.2, -0.15) is 0 Å². The number of hydrogen-bond acceptors (Lipinski definition) is 3. The van der Waals surface area contributed by atoms with Crippen molar-refractivity contribution in [2.75, 3.05) is 17.6 Å². The van der Waals surface area contributed by atoms with Crippen LogP contribution in [0.2, 0.25) is 5.02 Å². The third kappa shape index (κ3) is 2.77. The molecule has 1 N–H and O–H groups in total. The lowest BCUT2D eigenvalue weighted by atomic mass is 9.89. The summed E-state index contributed by atoms with van der Waals surface area (Å²) in [5, 5.41) is 5.19. The normalized spacial score (nSPS) is 21.5. The molecule has 1 saturated carbocycles.